The van der Waals surface area contributed by atoms with E-state index in [1.807, 2.05) is 30.3 Å². The Morgan fingerprint density at radius 1 is 1.15 bits per heavy atom. The minimum atomic E-state index is -3.67. The zero-order valence-corrected chi connectivity index (χ0v) is 16.2. The Balaban J connectivity index is 0.000000520. The maximum Gasteiger partial charge on any atom is 0.261 e. The van der Waals surface area contributed by atoms with Gasteiger partial charge in [-0.05, 0) is 5.56 Å². The number of rotatable bonds is 4. The highest BCUT2D eigenvalue weighted by molar-refractivity contribution is 7.85. The van der Waals surface area contributed by atoms with E-state index >= 15 is 0 Å². The van der Waals surface area contributed by atoms with E-state index in [9.17, 15) is 16.8 Å². The summed E-state index contributed by atoms with van der Waals surface area (Å²) in [5.74, 6) is 0.329. The highest BCUT2D eigenvalue weighted by Gasteiger charge is 2.21. The molecule has 12 heteroatoms. The summed E-state index contributed by atoms with van der Waals surface area (Å²) in [4.78, 5) is 5.33. The largest absolute Gasteiger partial charge is 0.391 e. The summed E-state index contributed by atoms with van der Waals surface area (Å²) >= 11 is 0. The van der Waals surface area contributed by atoms with Crippen molar-refractivity contribution >= 4 is 25.9 Å². The van der Waals surface area contributed by atoms with Crippen LogP contribution in [0.4, 0.5) is 0 Å². The molecule has 1 aliphatic rings. The molecule has 1 fully saturated rings. The number of benzene rings is 1. The molecule has 0 aromatic heterocycles. The van der Waals surface area contributed by atoms with Gasteiger partial charge in [-0.25, -0.2) is 0 Å². The van der Waals surface area contributed by atoms with Crippen molar-refractivity contribution in [2.24, 2.45) is 16.8 Å². The van der Waals surface area contributed by atoms with Gasteiger partial charge in [0.05, 0.1) is 18.2 Å². The van der Waals surface area contributed by atoms with E-state index < -0.39 is 20.2 Å². The van der Waals surface area contributed by atoms with Crippen molar-refractivity contribution in [2.45, 2.75) is 6.61 Å². The zero-order chi connectivity index (χ0) is 20.2. The summed E-state index contributed by atoms with van der Waals surface area (Å²) in [6, 6.07) is 10.0. The van der Waals surface area contributed by atoms with Gasteiger partial charge in [0.15, 0.2) is 0 Å². The molecule has 1 saturated heterocycles. The van der Waals surface area contributed by atoms with Crippen LogP contribution in [0.25, 0.3) is 0 Å². The van der Waals surface area contributed by atoms with E-state index in [1.54, 1.807) is 0 Å². The van der Waals surface area contributed by atoms with Gasteiger partial charge in [-0.2, -0.15) is 16.8 Å². The normalized spacial score (nSPS) is 18.3. The summed E-state index contributed by atoms with van der Waals surface area (Å²) in [5.41, 5.74) is 7.78. The molecular weight excluding hydrogens is 386 g/mol. The van der Waals surface area contributed by atoms with Crippen molar-refractivity contribution in [3.8, 4) is 0 Å². The van der Waals surface area contributed by atoms with Crippen LogP contribution < -0.4 is 11.1 Å². The molecule has 2 rings (SSSR count). The van der Waals surface area contributed by atoms with Crippen LogP contribution in [0.15, 0.2) is 35.5 Å². The Morgan fingerprint density at radius 2 is 1.65 bits per heavy atom. The van der Waals surface area contributed by atoms with Crippen LogP contribution in [0.2, 0.25) is 0 Å². The molecule has 1 heterocycles. The lowest BCUT2D eigenvalue weighted by Gasteiger charge is -2.06. The molecule has 0 radical (unpaired) electrons. The van der Waals surface area contributed by atoms with E-state index in [2.05, 4.69) is 10.5 Å². The third kappa shape index (κ3) is 17.3. The molecule has 26 heavy (non-hydrogen) atoms. The Kier molecular flexibility index (Phi) is 11.2. The summed E-state index contributed by atoms with van der Waals surface area (Å²) in [6.07, 6.45) is 1.43. The van der Waals surface area contributed by atoms with Crippen LogP contribution in [0, 0.1) is 5.92 Å². The molecule has 5 N–H and O–H groups in total. The van der Waals surface area contributed by atoms with E-state index in [0.29, 0.717) is 31.6 Å². The second kappa shape index (κ2) is 11.9. The number of nitrogens with zero attached hydrogens (tertiary/aromatic N) is 1. The van der Waals surface area contributed by atoms with Crippen molar-refractivity contribution in [3.63, 3.8) is 0 Å². The van der Waals surface area contributed by atoms with Crippen molar-refractivity contribution in [2.75, 3.05) is 32.1 Å². The van der Waals surface area contributed by atoms with Crippen molar-refractivity contribution in [1.82, 2.24) is 5.32 Å². The molecule has 1 aromatic rings. The van der Waals surface area contributed by atoms with E-state index in [0.717, 1.165) is 24.4 Å². The first-order valence-corrected chi connectivity index (χ1v) is 11.1. The second-order valence-corrected chi connectivity index (χ2v) is 8.30. The first kappa shape index (κ1) is 24.4. The molecular formula is C14H25N3O7S2. The standard InChI is InChI=1S/C12H17N3O.2CH4O3S/c13-6-11-7-14-8-12(11)15-16-9-10-4-2-1-3-5-10;2*1-5(2,3)4/h1-5,11,14H,6-9,13H2;2*1H3,(H,2,3,4)/b15-12+;;. The molecule has 1 unspecified atom stereocenters. The third-order valence-corrected chi connectivity index (χ3v) is 2.71. The van der Waals surface area contributed by atoms with Gasteiger partial charge in [0.1, 0.15) is 6.61 Å². The molecule has 1 aliphatic heterocycles. The number of hydrogen-bond acceptors (Lipinski definition) is 8. The highest BCUT2D eigenvalue weighted by Crippen LogP contribution is 2.06. The second-order valence-electron chi connectivity index (χ2n) is 5.37. The van der Waals surface area contributed by atoms with Crippen LogP contribution in [0.3, 0.4) is 0 Å². The van der Waals surface area contributed by atoms with Crippen molar-refractivity contribution < 1.29 is 30.8 Å². The van der Waals surface area contributed by atoms with Crippen LogP contribution >= 0.6 is 0 Å². The molecule has 1 atom stereocenters. The minimum absolute atomic E-state index is 0.329. The first-order chi connectivity index (χ1) is 11.9. The molecule has 0 saturated carbocycles. The zero-order valence-electron chi connectivity index (χ0n) is 14.6. The molecule has 0 bridgehead atoms. The average Bonchev–Trinajstić information content (AvgIpc) is 2.92. The quantitative estimate of drug-likeness (QED) is 0.385. The highest BCUT2D eigenvalue weighted by atomic mass is 32.2. The predicted octanol–water partition coefficient (Wildman–Crippen LogP) is -0.255. The fourth-order valence-corrected chi connectivity index (χ4v) is 1.73. The van der Waals surface area contributed by atoms with Gasteiger partial charge in [0.2, 0.25) is 0 Å². The molecule has 1 aromatic carbocycles. The Hall–Kier alpha value is -1.57. The van der Waals surface area contributed by atoms with Crippen molar-refractivity contribution in [3.05, 3.63) is 35.9 Å². The summed E-state index contributed by atoms with van der Waals surface area (Å²) in [5, 5.41) is 7.38. The van der Waals surface area contributed by atoms with Gasteiger partial charge in [0.25, 0.3) is 20.2 Å². The fraction of sp³-hybridized carbons (Fsp3) is 0.500. The van der Waals surface area contributed by atoms with Gasteiger partial charge in [-0.15, -0.1) is 0 Å². The smallest absolute Gasteiger partial charge is 0.261 e. The predicted molar refractivity (Wildman–Crippen MR) is 99.0 cm³/mol. The summed E-state index contributed by atoms with van der Waals surface area (Å²) in [6.45, 7) is 2.84. The Bertz CT molecular complexity index is 704. The molecule has 10 nitrogen and oxygen atoms in total. The third-order valence-electron chi connectivity index (χ3n) is 2.71. The molecule has 150 valence electrons. The topological polar surface area (TPSA) is 168 Å². The van der Waals surface area contributed by atoms with Crippen LogP contribution in [-0.2, 0) is 31.7 Å². The minimum Gasteiger partial charge on any atom is -0.391 e. The summed E-state index contributed by atoms with van der Waals surface area (Å²) < 4.78 is 51.7. The van der Waals surface area contributed by atoms with Crippen LogP contribution in [0.5, 0.6) is 0 Å². The molecule has 0 amide bonds. The monoisotopic (exact) mass is 411 g/mol. The first-order valence-electron chi connectivity index (χ1n) is 7.38. The van der Waals surface area contributed by atoms with Gasteiger partial charge in [0, 0.05) is 25.6 Å². The van der Waals surface area contributed by atoms with E-state index in [-0.39, 0.29) is 0 Å². The fourth-order valence-electron chi connectivity index (χ4n) is 1.73. The lowest BCUT2D eigenvalue weighted by molar-refractivity contribution is 0.129. The lowest BCUT2D eigenvalue weighted by Crippen LogP contribution is -2.22. The van der Waals surface area contributed by atoms with Crippen LogP contribution in [-0.4, -0.2) is 63.8 Å². The maximum absolute atomic E-state index is 9.19. The van der Waals surface area contributed by atoms with E-state index in [1.165, 1.54) is 0 Å². The Morgan fingerprint density at radius 3 is 2.12 bits per heavy atom. The van der Waals surface area contributed by atoms with Gasteiger partial charge in [-0.3, -0.25) is 9.11 Å². The number of nitrogens with one attached hydrogen (secondary N) is 1. The van der Waals surface area contributed by atoms with Crippen LogP contribution in [0.1, 0.15) is 5.56 Å². The number of oxime groups is 1. The lowest BCUT2D eigenvalue weighted by atomic mass is 10.1. The van der Waals surface area contributed by atoms with Crippen molar-refractivity contribution in [1.29, 1.82) is 0 Å². The number of hydrogen-bond donors (Lipinski definition) is 4. The number of nitrogens with two attached hydrogens (primary N) is 1. The molecule has 0 aliphatic carbocycles. The van der Waals surface area contributed by atoms with Gasteiger partial charge < -0.3 is 15.9 Å². The Labute approximate surface area is 153 Å². The van der Waals surface area contributed by atoms with E-state index in [4.69, 9.17) is 19.7 Å². The molecule has 0 spiro atoms. The SMILES string of the molecule is CS(=O)(=O)O.CS(=O)(=O)O.NCC1CNC/C1=N\OCc1ccccc1. The average molecular weight is 412 g/mol. The van der Waals surface area contributed by atoms with Gasteiger partial charge >= 0.3 is 0 Å². The summed E-state index contributed by atoms with van der Waals surface area (Å²) in [7, 11) is -7.33. The van der Waals surface area contributed by atoms with Gasteiger partial charge in [-0.1, -0.05) is 35.5 Å². The maximum atomic E-state index is 9.19.